The molecule has 0 saturated carbocycles. The summed E-state index contributed by atoms with van der Waals surface area (Å²) in [6.07, 6.45) is 2.06. The molecule has 0 aliphatic carbocycles. The Bertz CT molecular complexity index is 256. The molecular formula is C6H9N3O2. The number of carboxylic acids is 1. The molecule has 5 nitrogen and oxygen atoms in total. The van der Waals surface area contributed by atoms with Gasteiger partial charge in [0.25, 0.3) is 0 Å². The van der Waals surface area contributed by atoms with E-state index in [1.54, 1.807) is 0 Å². The standard InChI is InChI=1S/C6H9N3O2/c7-6-4(3-8-9-6)1-2-5(10)11/h3H,1-2H2,(H,10,11)(H3,7,8,9). The van der Waals surface area contributed by atoms with Crippen LogP contribution in [0.15, 0.2) is 6.20 Å². The minimum Gasteiger partial charge on any atom is -0.481 e. The molecule has 60 valence electrons. The van der Waals surface area contributed by atoms with Crippen molar-refractivity contribution in [3.05, 3.63) is 11.8 Å². The number of carbonyl (C=O) groups is 1. The minimum atomic E-state index is -0.828. The van der Waals surface area contributed by atoms with Crippen LogP contribution >= 0.6 is 0 Å². The Labute approximate surface area is 63.2 Å². The summed E-state index contributed by atoms with van der Waals surface area (Å²) >= 11 is 0. The van der Waals surface area contributed by atoms with Crippen molar-refractivity contribution in [2.24, 2.45) is 0 Å². The normalized spacial score (nSPS) is 9.82. The van der Waals surface area contributed by atoms with E-state index < -0.39 is 5.97 Å². The van der Waals surface area contributed by atoms with Crippen LogP contribution in [0.2, 0.25) is 0 Å². The van der Waals surface area contributed by atoms with Crippen molar-refractivity contribution in [2.45, 2.75) is 12.8 Å². The van der Waals surface area contributed by atoms with E-state index in [4.69, 9.17) is 10.8 Å². The molecule has 1 heterocycles. The largest absolute Gasteiger partial charge is 0.481 e. The summed E-state index contributed by atoms with van der Waals surface area (Å²) in [6, 6.07) is 0. The zero-order valence-electron chi connectivity index (χ0n) is 5.87. The summed E-state index contributed by atoms with van der Waals surface area (Å²) in [7, 11) is 0. The second kappa shape index (κ2) is 3.05. The van der Waals surface area contributed by atoms with Gasteiger partial charge in [-0.1, -0.05) is 0 Å². The van der Waals surface area contributed by atoms with Gasteiger partial charge in [0.15, 0.2) is 0 Å². The van der Waals surface area contributed by atoms with E-state index in [1.807, 2.05) is 0 Å². The molecule has 0 fully saturated rings. The molecule has 1 aromatic rings. The second-order valence-electron chi connectivity index (χ2n) is 2.20. The molecule has 0 spiro atoms. The molecule has 0 saturated heterocycles. The number of hydrogen-bond acceptors (Lipinski definition) is 3. The lowest BCUT2D eigenvalue weighted by molar-refractivity contribution is -0.136. The predicted molar refractivity (Wildman–Crippen MR) is 39.0 cm³/mol. The molecule has 0 amide bonds. The Morgan fingerprint density at radius 2 is 2.55 bits per heavy atom. The first-order valence-electron chi connectivity index (χ1n) is 3.19. The van der Waals surface area contributed by atoms with Crippen LogP contribution in [0.1, 0.15) is 12.0 Å². The number of carboxylic acid groups (broad SMARTS) is 1. The SMILES string of the molecule is Nc1[nH]ncc1CCC(=O)O. The zero-order valence-corrected chi connectivity index (χ0v) is 5.87. The highest BCUT2D eigenvalue weighted by molar-refractivity contribution is 5.67. The number of nitrogen functional groups attached to an aromatic ring is 1. The highest BCUT2D eigenvalue weighted by Crippen LogP contribution is 2.08. The zero-order chi connectivity index (χ0) is 8.27. The first kappa shape index (κ1) is 7.59. The molecule has 11 heavy (non-hydrogen) atoms. The quantitative estimate of drug-likeness (QED) is 0.573. The van der Waals surface area contributed by atoms with Gasteiger partial charge in [0, 0.05) is 12.0 Å². The van der Waals surface area contributed by atoms with E-state index in [1.165, 1.54) is 6.20 Å². The highest BCUT2D eigenvalue weighted by atomic mass is 16.4. The molecule has 5 heteroatoms. The Morgan fingerprint density at radius 1 is 1.82 bits per heavy atom. The molecule has 4 N–H and O–H groups in total. The Hall–Kier alpha value is -1.52. The number of hydrogen-bond donors (Lipinski definition) is 3. The van der Waals surface area contributed by atoms with Gasteiger partial charge < -0.3 is 10.8 Å². The highest BCUT2D eigenvalue weighted by Gasteiger charge is 2.03. The fourth-order valence-electron chi connectivity index (χ4n) is 0.762. The number of nitrogens with one attached hydrogen (secondary N) is 1. The van der Waals surface area contributed by atoms with Crippen molar-refractivity contribution in [3.8, 4) is 0 Å². The van der Waals surface area contributed by atoms with Gasteiger partial charge in [-0.05, 0) is 6.42 Å². The van der Waals surface area contributed by atoms with Gasteiger partial charge in [-0.2, -0.15) is 5.10 Å². The summed E-state index contributed by atoms with van der Waals surface area (Å²) in [5.74, 6) is -0.378. The smallest absolute Gasteiger partial charge is 0.303 e. The third-order valence-electron chi connectivity index (χ3n) is 1.36. The van der Waals surface area contributed by atoms with Gasteiger partial charge in [-0.25, -0.2) is 0 Å². The lowest BCUT2D eigenvalue weighted by Gasteiger charge is -1.93. The maximum absolute atomic E-state index is 10.1. The summed E-state index contributed by atoms with van der Waals surface area (Å²) in [6.45, 7) is 0. The van der Waals surface area contributed by atoms with Gasteiger partial charge >= 0.3 is 5.97 Å². The van der Waals surface area contributed by atoms with Gasteiger partial charge in [0.1, 0.15) is 5.82 Å². The van der Waals surface area contributed by atoms with Crippen LogP contribution in [0, 0.1) is 0 Å². The molecule has 0 unspecified atom stereocenters. The maximum atomic E-state index is 10.1. The number of aromatic nitrogens is 2. The first-order chi connectivity index (χ1) is 5.20. The lowest BCUT2D eigenvalue weighted by Crippen LogP contribution is -1.98. The van der Waals surface area contributed by atoms with Gasteiger partial charge in [-0.15, -0.1) is 0 Å². The minimum absolute atomic E-state index is 0.0870. The fraction of sp³-hybridized carbons (Fsp3) is 0.333. The van der Waals surface area contributed by atoms with Crippen LogP contribution in [-0.4, -0.2) is 21.3 Å². The average molecular weight is 155 g/mol. The number of aromatic amines is 1. The van der Waals surface area contributed by atoms with Crippen molar-refractivity contribution in [3.63, 3.8) is 0 Å². The number of nitrogens with two attached hydrogens (primary N) is 1. The lowest BCUT2D eigenvalue weighted by atomic mass is 10.2. The van der Waals surface area contributed by atoms with Crippen molar-refractivity contribution in [1.29, 1.82) is 0 Å². The molecule has 0 aliphatic rings. The summed E-state index contributed by atoms with van der Waals surface area (Å²) in [5.41, 5.74) is 6.17. The predicted octanol–water partition coefficient (Wildman–Crippen LogP) is 0.00910. The third kappa shape index (κ3) is 1.96. The Balaban J connectivity index is 2.51. The third-order valence-corrected chi connectivity index (χ3v) is 1.36. The fourth-order valence-corrected chi connectivity index (χ4v) is 0.762. The summed E-state index contributed by atoms with van der Waals surface area (Å²) in [5, 5.41) is 14.5. The summed E-state index contributed by atoms with van der Waals surface area (Å²) in [4.78, 5) is 10.1. The number of aryl methyl sites for hydroxylation is 1. The van der Waals surface area contributed by atoms with Crippen molar-refractivity contribution < 1.29 is 9.90 Å². The number of rotatable bonds is 3. The van der Waals surface area contributed by atoms with Crippen LogP contribution in [0.5, 0.6) is 0 Å². The van der Waals surface area contributed by atoms with Crippen LogP contribution in [0.3, 0.4) is 0 Å². The molecular weight excluding hydrogens is 146 g/mol. The van der Waals surface area contributed by atoms with Crippen LogP contribution in [0.4, 0.5) is 5.82 Å². The second-order valence-corrected chi connectivity index (χ2v) is 2.20. The van der Waals surface area contributed by atoms with E-state index in [0.29, 0.717) is 12.2 Å². The van der Waals surface area contributed by atoms with Gasteiger partial charge in [0.2, 0.25) is 0 Å². The average Bonchev–Trinajstić information content (AvgIpc) is 2.31. The Kier molecular flexibility index (Phi) is 2.10. The monoisotopic (exact) mass is 155 g/mol. The van der Waals surface area contributed by atoms with Crippen LogP contribution < -0.4 is 5.73 Å². The van der Waals surface area contributed by atoms with E-state index in [0.717, 1.165) is 5.56 Å². The van der Waals surface area contributed by atoms with E-state index >= 15 is 0 Å². The topological polar surface area (TPSA) is 92.0 Å². The van der Waals surface area contributed by atoms with Gasteiger partial charge in [-0.3, -0.25) is 9.89 Å². The number of nitrogens with zero attached hydrogens (tertiary/aromatic N) is 1. The maximum Gasteiger partial charge on any atom is 0.303 e. The van der Waals surface area contributed by atoms with E-state index in [9.17, 15) is 4.79 Å². The van der Waals surface area contributed by atoms with Crippen molar-refractivity contribution in [2.75, 3.05) is 5.73 Å². The molecule has 1 aromatic heterocycles. The molecule has 0 aromatic carbocycles. The summed E-state index contributed by atoms with van der Waals surface area (Å²) < 4.78 is 0. The van der Waals surface area contributed by atoms with E-state index in [2.05, 4.69) is 10.2 Å². The van der Waals surface area contributed by atoms with Crippen molar-refractivity contribution >= 4 is 11.8 Å². The number of anilines is 1. The molecule has 0 aliphatic heterocycles. The molecule has 1 rings (SSSR count). The van der Waals surface area contributed by atoms with E-state index in [-0.39, 0.29) is 6.42 Å². The van der Waals surface area contributed by atoms with Crippen LogP contribution in [0.25, 0.3) is 0 Å². The number of aliphatic carboxylic acids is 1. The van der Waals surface area contributed by atoms with Crippen LogP contribution in [-0.2, 0) is 11.2 Å². The van der Waals surface area contributed by atoms with Crippen molar-refractivity contribution in [1.82, 2.24) is 10.2 Å². The number of H-pyrrole nitrogens is 1. The molecule has 0 bridgehead atoms. The Morgan fingerprint density at radius 3 is 3.00 bits per heavy atom. The van der Waals surface area contributed by atoms with Gasteiger partial charge in [0.05, 0.1) is 6.20 Å². The molecule has 0 radical (unpaired) electrons. The molecule has 0 atom stereocenters. The first-order valence-corrected chi connectivity index (χ1v) is 3.19.